The van der Waals surface area contributed by atoms with E-state index in [-0.39, 0.29) is 29.6 Å². The van der Waals surface area contributed by atoms with Gasteiger partial charge in [-0.1, -0.05) is 0 Å². The van der Waals surface area contributed by atoms with Crippen LogP contribution in [-0.2, 0) is 33.2 Å². The van der Waals surface area contributed by atoms with Crippen molar-refractivity contribution < 1.29 is 134 Å². The number of hydrogen-bond donors (Lipinski definition) is 0. The predicted molar refractivity (Wildman–Crippen MR) is 47.3 cm³/mol. The molecule has 0 bridgehead atoms. The van der Waals surface area contributed by atoms with Crippen LogP contribution >= 0.6 is 0 Å². The van der Waals surface area contributed by atoms with Gasteiger partial charge in [-0.2, -0.15) is 13.5 Å². The van der Waals surface area contributed by atoms with Crippen LogP contribution in [0.3, 0.4) is 0 Å². The van der Waals surface area contributed by atoms with E-state index < -0.39 is 49.9 Å². The normalized spacial score (nSPS) is 14.8. The Labute approximate surface area is 184 Å². The molecule has 0 unspecified atom stereocenters. The molecule has 0 saturated heterocycles. The summed E-state index contributed by atoms with van der Waals surface area (Å²) in [6.07, 6.45) is -45.8. The minimum absolute atomic E-state index is 0. The van der Waals surface area contributed by atoms with Crippen molar-refractivity contribution >= 4 is 5.97 Å². The Hall–Kier alpha value is -0.820. The number of carbonyl (C=O) groups excluding carboxylic acids is 1. The van der Waals surface area contributed by atoms with E-state index >= 15 is 0 Å². The average molecular weight is 532 g/mol. The van der Waals surface area contributed by atoms with Crippen LogP contribution in [0.25, 0.3) is 0 Å². The van der Waals surface area contributed by atoms with Gasteiger partial charge < -0.3 is 9.90 Å². The van der Waals surface area contributed by atoms with Gasteiger partial charge in [0.1, 0.15) is 5.97 Å². The Bertz CT molecular complexity index is 637. The van der Waals surface area contributed by atoms with Gasteiger partial charge in [0, 0.05) is 0 Å². The molecule has 0 aromatic carbocycles. The van der Waals surface area contributed by atoms with E-state index in [1.54, 1.807) is 23.7 Å². The van der Waals surface area contributed by atoms with Crippen LogP contribution in [0.15, 0.2) is 0 Å². The topological polar surface area (TPSA) is 95.5 Å². The summed E-state index contributed by atoms with van der Waals surface area (Å²) in [5.41, 5.74) is 0. The summed E-state index contributed by atoms with van der Waals surface area (Å²) < 4.78 is 196. The first-order valence-electron chi connectivity index (χ1n) is 5.94. The SMILES string of the molecule is O=C([O-])C(F)(F)OC(F)(F)OC(F)(F)OC(F)(F)OC(F)(F)OC(F)(F)OC(F)(F)F.[Na+]. The van der Waals surface area contributed by atoms with Gasteiger partial charge >= 0.3 is 73.5 Å². The first-order chi connectivity index (χ1) is 13.2. The van der Waals surface area contributed by atoms with E-state index in [9.17, 15) is 75.8 Å². The second kappa shape index (κ2) is 10.2. The first kappa shape index (κ1) is 33.4. The van der Waals surface area contributed by atoms with Crippen molar-refractivity contribution in [3.8, 4) is 0 Å². The molecule has 0 aromatic rings. The molecule has 186 valence electrons. The van der Waals surface area contributed by atoms with Gasteiger partial charge in [-0.15, -0.1) is 57.1 Å². The summed E-state index contributed by atoms with van der Waals surface area (Å²) in [7, 11) is 0. The summed E-state index contributed by atoms with van der Waals surface area (Å²) in [5, 5.41) is 9.68. The molecule has 0 heterocycles. The average Bonchev–Trinajstić information content (AvgIpc) is 2.25. The van der Waals surface area contributed by atoms with Gasteiger partial charge in [0.05, 0.1) is 0 Å². The smallest absolute Gasteiger partial charge is 0.542 e. The molecule has 8 nitrogen and oxygen atoms in total. The van der Waals surface area contributed by atoms with E-state index in [2.05, 4.69) is 0 Å². The van der Waals surface area contributed by atoms with E-state index in [0.29, 0.717) is 0 Å². The Morgan fingerprint density at radius 2 is 0.688 bits per heavy atom. The zero-order valence-corrected chi connectivity index (χ0v) is 15.9. The minimum Gasteiger partial charge on any atom is -0.542 e. The molecule has 0 N–H and O–H groups in total. The Balaban J connectivity index is 0. The molecule has 24 heteroatoms. The summed E-state index contributed by atoms with van der Waals surface area (Å²) in [5.74, 6) is -3.80. The molecule has 0 aliphatic carbocycles. The maximum Gasteiger partial charge on any atom is 1.00 e. The van der Waals surface area contributed by atoms with E-state index in [0.717, 1.165) is 0 Å². The van der Waals surface area contributed by atoms with Crippen LogP contribution < -0.4 is 34.7 Å². The number of ether oxygens (including phenoxy) is 6. The van der Waals surface area contributed by atoms with Crippen LogP contribution in [0.1, 0.15) is 0 Å². The second-order valence-electron chi connectivity index (χ2n) is 4.18. The molecular formula is C8F15NaO8. The minimum atomic E-state index is -6.77. The maximum absolute atomic E-state index is 12.8. The largest absolute Gasteiger partial charge is 1.00 e. The Kier molecular flexibility index (Phi) is 10.6. The van der Waals surface area contributed by atoms with Crippen LogP contribution in [0.4, 0.5) is 65.9 Å². The van der Waals surface area contributed by atoms with Gasteiger partial charge in [-0.05, 0) is 0 Å². The van der Waals surface area contributed by atoms with Crippen molar-refractivity contribution in [2.45, 2.75) is 43.9 Å². The van der Waals surface area contributed by atoms with Crippen molar-refractivity contribution in [2.75, 3.05) is 0 Å². The van der Waals surface area contributed by atoms with E-state index in [1.807, 2.05) is 4.74 Å². The summed E-state index contributed by atoms with van der Waals surface area (Å²) in [6, 6.07) is 0. The molecule has 0 aliphatic rings. The number of hydrogen-bond acceptors (Lipinski definition) is 8. The van der Waals surface area contributed by atoms with Crippen LogP contribution in [0.2, 0.25) is 0 Å². The third-order valence-corrected chi connectivity index (χ3v) is 1.67. The fourth-order valence-corrected chi connectivity index (χ4v) is 0.983. The standard InChI is InChI=1S/C8HF15O8.Na/c9-2(10,1(24)25)26-4(14,15)28-6(18,19)30-8(22,23)31-7(20,21)29-5(16,17)27-3(11,12)13;/h(H,24,25);/q;+1/p-1. The van der Waals surface area contributed by atoms with Gasteiger partial charge in [-0.3, -0.25) is 0 Å². The Morgan fingerprint density at radius 1 is 0.469 bits per heavy atom. The predicted octanol–water partition coefficient (Wildman–Crippen LogP) is -0.296. The number of halogens is 15. The molecule has 0 fully saturated rings. The third kappa shape index (κ3) is 13.7. The van der Waals surface area contributed by atoms with Crippen molar-refractivity contribution in [3.63, 3.8) is 0 Å². The van der Waals surface area contributed by atoms with Crippen molar-refractivity contribution in [3.05, 3.63) is 0 Å². The summed E-state index contributed by atoms with van der Waals surface area (Å²) in [6.45, 7) is 0. The fraction of sp³-hybridized carbons (Fsp3) is 0.875. The van der Waals surface area contributed by atoms with Gasteiger partial charge in [0.25, 0.3) is 0 Å². The fourth-order valence-electron chi connectivity index (χ4n) is 0.983. The second-order valence-corrected chi connectivity index (χ2v) is 4.18. The molecule has 0 rings (SSSR count). The Morgan fingerprint density at radius 3 is 0.906 bits per heavy atom. The first-order valence-corrected chi connectivity index (χ1v) is 5.94. The van der Waals surface area contributed by atoms with Crippen LogP contribution in [0.5, 0.6) is 0 Å². The monoisotopic (exact) mass is 532 g/mol. The quantitative estimate of drug-likeness (QED) is 0.192. The maximum atomic E-state index is 12.8. The summed E-state index contributed by atoms with van der Waals surface area (Å²) >= 11 is 0. The summed E-state index contributed by atoms with van der Waals surface area (Å²) in [4.78, 5) is 9.68. The van der Waals surface area contributed by atoms with Crippen molar-refractivity contribution in [1.82, 2.24) is 0 Å². The van der Waals surface area contributed by atoms with Crippen molar-refractivity contribution in [1.29, 1.82) is 0 Å². The van der Waals surface area contributed by atoms with Crippen molar-refractivity contribution in [2.24, 2.45) is 0 Å². The number of rotatable bonds is 12. The van der Waals surface area contributed by atoms with E-state index in [1.165, 1.54) is 0 Å². The van der Waals surface area contributed by atoms with Gasteiger partial charge in [0.2, 0.25) is 0 Å². The van der Waals surface area contributed by atoms with Crippen LogP contribution in [-0.4, -0.2) is 49.9 Å². The molecule has 0 spiro atoms. The zero-order chi connectivity index (χ0) is 25.3. The molecule has 0 atom stereocenters. The number of aliphatic carboxylic acids is 1. The molecule has 32 heavy (non-hydrogen) atoms. The molecule has 0 amide bonds. The number of alkyl halides is 15. The number of carboxylic acid groups (broad SMARTS) is 1. The van der Waals surface area contributed by atoms with Crippen LogP contribution in [0, 0.1) is 0 Å². The molecular weight excluding hydrogens is 532 g/mol. The number of carboxylic acids is 1. The third-order valence-electron chi connectivity index (χ3n) is 1.67. The zero-order valence-electron chi connectivity index (χ0n) is 13.9. The molecule has 0 radical (unpaired) electrons. The van der Waals surface area contributed by atoms with E-state index in [4.69, 9.17) is 0 Å². The number of carbonyl (C=O) groups is 1. The van der Waals surface area contributed by atoms with Gasteiger partial charge in [-0.25, -0.2) is 23.7 Å². The molecule has 0 saturated carbocycles. The molecule has 0 aromatic heterocycles. The molecule has 0 aliphatic heterocycles. The van der Waals surface area contributed by atoms with Gasteiger partial charge in [0.15, 0.2) is 0 Å².